The summed E-state index contributed by atoms with van der Waals surface area (Å²) in [5.41, 5.74) is 1.78. The van der Waals surface area contributed by atoms with Crippen molar-refractivity contribution in [1.29, 1.82) is 0 Å². The molecule has 88 valence electrons. The van der Waals surface area contributed by atoms with Crippen molar-refractivity contribution in [2.24, 2.45) is 0 Å². The van der Waals surface area contributed by atoms with Crippen LogP contribution in [0.2, 0.25) is 0 Å². The second-order valence-electron chi connectivity index (χ2n) is 3.91. The summed E-state index contributed by atoms with van der Waals surface area (Å²) in [6.07, 6.45) is 1.87. The van der Waals surface area contributed by atoms with Gasteiger partial charge in [0.1, 0.15) is 11.6 Å². The Balaban J connectivity index is 2.88. The van der Waals surface area contributed by atoms with Gasteiger partial charge in [0.25, 0.3) is 0 Å². The first-order chi connectivity index (χ1) is 7.52. The van der Waals surface area contributed by atoms with Gasteiger partial charge in [0.05, 0.1) is 0 Å². The molecule has 1 aromatic rings. The number of phenols is 1. The van der Waals surface area contributed by atoms with E-state index in [4.69, 9.17) is 0 Å². The fourth-order valence-electron chi connectivity index (χ4n) is 1.53. The van der Waals surface area contributed by atoms with Gasteiger partial charge in [0, 0.05) is 12.1 Å². The zero-order valence-electron chi connectivity index (χ0n) is 9.92. The first-order valence-electron chi connectivity index (χ1n) is 5.44. The molecule has 2 N–H and O–H groups in total. The number of hydrogen-bond donors (Lipinski definition) is 2. The maximum Gasteiger partial charge on any atom is 0.127 e. The molecule has 0 spiro atoms. The summed E-state index contributed by atoms with van der Waals surface area (Å²) in [4.78, 5) is 0. The minimum atomic E-state index is -0.421. The molecule has 0 aliphatic rings. The van der Waals surface area contributed by atoms with Crippen LogP contribution in [0.25, 0.3) is 6.08 Å². The normalized spacial score (nSPS) is 13.9. The van der Waals surface area contributed by atoms with Gasteiger partial charge < -0.3 is 10.4 Å². The quantitative estimate of drug-likeness (QED) is 0.822. The van der Waals surface area contributed by atoms with Crippen molar-refractivity contribution in [3.8, 4) is 5.75 Å². The Morgan fingerprint density at radius 3 is 2.75 bits per heavy atom. The molecular weight excluding hydrogens is 205 g/mol. The second kappa shape index (κ2) is 5.66. The molecule has 1 aromatic carbocycles. The highest BCUT2D eigenvalue weighted by Crippen LogP contribution is 2.17. The van der Waals surface area contributed by atoms with E-state index in [2.05, 4.69) is 12.2 Å². The maximum absolute atomic E-state index is 13.0. The number of nitrogens with one attached hydrogen (secondary N) is 1. The van der Waals surface area contributed by atoms with E-state index in [1.165, 1.54) is 6.07 Å². The van der Waals surface area contributed by atoms with Gasteiger partial charge >= 0.3 is 0 Å². The molecule has 0 radical (unpaired) electrons. The van der Waals surface area contributed by atoms with Gasteiger partial charge in [-0.1, -0.05) is 18.6 Å². The van der Waals surface area contributed by atoms with E-state index in [9.17, 15) is 9.50 Å². The molecule has 0 aromatic heterocycles. The predicted octanol–water partition coefficient (Wildman–Crippen LogP) is 2.93. The third-order valence-corrected chi connectivity index (χ3v) is 2.49. The van der Waals surface area contributed by atoms with Crippen LogP contribution in [-0.2, 0) is 0 Å². The van der Waals surface area contributed by atoms with Crippen molar-refractivity contribution in [3.63, 3.8) is 0 Å². The van der Waals surface area contributed by atoms with E-state index in [-0.39, 0.29) is 11.8 Å². The monoisotopic (exact) mass is 223 g/mol. The highest BCUT2D eigenvalue weighted by atomic mass is 19.1. The van der Waals surface area contributed by atoms with Crippen molar-refractivity contribution in [3.05, 3.63) is 35.2 Å². The average molecular weight is 223 g/mol. The molecule has 1 rings (SSSR count). The molecule has 3 heteroatoms. The lowest BCUT2D eigenvalue weighted by Crippen LogP contribution is -2.26. The smallest absolute Gasteiger partial charge is 0.127 e. The van der Waals surface area contributed by atoms with Crippen molar-refractivity contribution in [2.45, 2.75) is 26.8 Å². The third kappa shape index (κ3) is 3.66. The van der Waals surface area contributed by atoms with Gasteiger partial charge in [-0.05, 0) is 38.1 Å². The zero-order chi connectivity index (χ0) is 12.1. The number of rotatable bonds is 4. The Labute approximate surface area is 95.8 Å². The minimum absolute atomic E-state index is 0.0462. The van der Waals surface area contributed by atoms with Crippen LogP contribution in [0.15, 0.2) is 23.8 Å². The van der Waals surface area contributed by atoms with Crippen LogP contribution in [0.3, 0.4) is 0 Å². The Morgan fingerprint density at radius 2 is 2.19 bits per heavy atom. The maximum atomic E-state index is 13.0. The summed E-state index contributed by atoms with van der Waals surface area (Å²) in [5.74, 6) is -0.467. The van der Waals surface area contributed by atoms with E-state index in [0.29, 0.717) is 5.56 Å². The van der Waals surface area contributed by atoms with Gasteiger partial charge in [0.2, 0.25) is 0 Å². The lowest BCUT2D eigenvalue weighted by atomic mass is 10.1. The van der Waals surface area contributed by atoms with E-state index in [0.717, 1.165) is 18.2 Å². The molecule has 1 unspecified atom stereocenters. The number of phenolic OH excluding ortho intramolecular Hbond substituents is 1. The summed E-state index contributed by atoms with van der Waals surface area (Å²) < 4.78 is 13.0. The molecule has 0 aliphatic carbocycles. The summed E-state index contributed by atoms with van der Waals surface area (Å²) in [5, 5.41) is 12.5. The van der Waals surface area contributed by atoms with Crippen LogP contribution in [0.1, 0.15) is 26.3 Å². The van der Waals surface area contributed by atoms with Crippen molar-refractivity contribution < 1.29 is 9.50 Å². The van der Waals surface area contributed by atoms with E-state index < -0.39 is 5.82 Å². The fourth-order valence-corrected chi connectivity index (χ4v) is 1.53. The van der Waals surface area contributed by atoms with Crippen molar-refractivity contribution in [1.82, 2.24) is 5.32 Å². The molecule has 0 saturated heterocycles. The third-order valence-electron chi connectivity index (χ3n) is 2.49. The molecule has 0 bridgehead atoms. The number of benzene rings is 1. The molecule has 0 fully saturated rings. The second-order valence-corrected chi connectivity index (χ2v) is 3.91. The van der Waals surface area contributed by atoms with Gasteiger partial charge in [-0.25, -0.2) is 4.39 Å². The predicted molar refractivity (Wildman–Crippen MR) is 64.9 cm³/mol. The van der Waals surface area contributed by atoms with Gasteiger partial charge in [0.15, 0.2) is 0 Å². The molecule has 2 nitrogen and oxygen atoms in total. The van der Waals surface area contributed by atoms with Crippen molar-refractivity contribution in [2.75, 3.05) is 6.54 Å². The van der Waals surface area contributed by atoms with E-state index >= 15 is 0 Å². The van der Waals surface area contributed by atoms with Gasteiger partial charge in [-0.3, -0.25) is 0 Å². The van der Waals surface area contributed by atoms with Crippen LogP contribution in [0.4, 0.5) is 4.39 Å². The van der Waals surface area contributed by atoms with Crippen LogP contribution >= 0.6 is 0 Å². The molecule has 0 aliphatic heterocycles. The van der Waals surface area contributed by atoms with Crippen LogP contribution in [-0.4, -0.2) is 17.7 Å². The topological polar surface area (TPSA) is 32.3 Å². The first kappa shape index (κ1) is 12.7. The van der Waals surface area contributed by atoms with E-state index in [1.54, 1.807) is 6.07 Å². The summed E-state index contributed by atoms with van der Waals surface area (Å²) in [6, 6.07) is 4.29. The Bertz CT molecular complexity index is 367. The molecule has 16 heavy (non-hydrogen) atoms. The Hall–Kier alpha value is -1.35. The highest BCUT2D eigenvalue weighted by Gasteiger charge is 2.03. The lowest BCUT2D eigenvalue weighted by molar-refractivity contribution is 0.469. The molecule has 0 amide bonds. The largest absolute Gasteiger partial charge is 0.508 e. The summed E-state index contributed by atoms with van der Waals surface area (Å²) in [6.45, 7) is 6.96. The van der Waals surface area contributed by atoms with Crippen LogP contribution < -0.4 is 5.32 Å². The number of likely N-dealkylation sites (N-methyl/N-ethyl adjacent to an activating group) is 1. The van der Waals surface area contributed by atoms with Gasteiger partial charge in [-0.15, -0.1) is 0 Å². The molecule has 1 atom stereocenters. The Morgan fingerprint density at radius 1 is 1.50 bits per heavy atom. The van der Waals surface area contributed by atoms with Crippen molar-refractivity contribution >= 4 is 6.08 Å². The van der Waals surface area contributed by atoms with E-state index in [1.807, 2.05) is 19.9 Å². The number of aromatic hydroxyl groups is 1. The van der Waals surface area contributed by atoms with Crippen LogP contribution in [0.5, 0.6) is 5.75 Å². The Kier molecular flexibility index (Phi) is 4.50. The molecule has 0 heterocycles. The standard InChI is InChI=1S/C13H18FNO/c1-4-15-10(3)9(2)5-11-6-12(14)8-13(16)7-11/h5-8,10,15-16H,4H2,1-3H3/b9-5+. The molecule has 0 saturated carbocycles. The van der Waals surface area contributed by atoms with Crippen LogP contribution in [0, 0.1) is 5.82 Å². The minimum Gasteiger partial charge on any atom is -0.508 e. The zero-order valence-corrected chi connectivity index (χ0v) is 9.92. The summed E-state index contributed by atoms with van der Waals surface area (Å²) >= 11 is 0. The molecular formula is C13H18FNO. The number of hydrogen-bond acceptors (Lipinski definition) is 2. The average Bonchev–Trinajstić information content (AvgIpc) is 2.16. The first-order valence-corrected chi connectivity index (χ1v) is 5.44. The summed E-state index contributed by atoms with van der Waals surface area (Å²) in [7, 11) is 0. The lowest BCUT2D eigenvalue weighted by Gasteiger charge is -2.13. The van der Waals surface area contributed by atoms with Gasteiger partial charge in [-0.2, -0.15) is 0 Å². The SMILES string of the molecule is CCNC(C)/C(C)=C/c1cc(O)cc(F)c1. The highest BCUT2D eigenvalue weighted by molar-refractivity contribution is 5.55. The number of halogens is 1. The fraction of sp³-hybridized carbons (Fsp3) is 0.385.